The number of carbonyl (C=O) groups excluding carboxylic acids is 1. The summed E-state index contributed by atoms with van der Waals surface area (Å²) in [4.78, 5) is 14.1. The highest BCUT2D eigenvalue weighted by Crippen LogP contribution is 2.16. The molecule has 23 heavy (non-hydrogen) atoms. The fourth-order valence-electron chi connectivity index (χ4n) is 2.23. The molecule has 1 heterocycles. The van der Waals surface area contributed by atoms with Gasteiger partial charge in [-0.1, -0.05) is 17.7 Å². The van der Waals surface area contributed by atoms with E-state index in [1.165, 1.54) is 12.1 Å². The Morgan fingerprint density at radius 2 is 1.70 bits per heavy atom. The number of nitrogens with zero attached hydrogens (tertiary/aromatic N) is 3. The van der Waals surface area contributed by atoms with Crippen LogP contribution >= 0.6 is 0 Å². The first kappa shape index (κ1) is 15.0. The summed E-state index contributed by atoms with van der Waals surface area (Å²) in [6.07, 6.45) is 1.68. The molecule has 0 spiro atoms. The number of carbonyl (C=O) groups is 1. The van der Waals surface area contributed by atoms with Crippen molar-refractivity contribution in [3.05, 3.63) is 77.9 Å². The van der Waals surface area contributed by atoms with E-state index in [0.717, 1.165) is 11.3 Å². The van der Waals surface area contributed by atoms with Crippen LogP contribution in [0.2, 0.25) is 0 Å². The number of hydrogen-bond acceptors (Lipinski definition) is 2. The maximum Gasteiger partial charge on any atom is 0.278 e. The Morgan fingerprint density at radius 1 is 1.04 bits per heavy atom. The topological polar surface area (TPSA) is 38.1 Å². The largest absolute Gasteiger partial charge is 0.310 e. The van der Waals surface area contributed by atoms with Gasteiger partial charge < -0.3 is 4.90 Å². The fourth-order valence-corrected chi connectivity index (χ4v) is 2.23. The fraction of sp³-hybridized carbons (Fsp3) is 0.111. The second kappa shape index (κ2) is 6.04. The van der Waals surface area contributed by atoms with E-state index in [1.54, 1.807) is 41.0 Å². The van der Waals surface area contributed by atoms with Crippen LogP contribution in [0.3, 0.4) is 0 Å². The van der Waals surface area contributed by atoms with Crippen LogP contribution in [-0.2, 0) is 0 Å². The van der Waals surface area contributed by atoms with Gasteiger partial charge in [-0.2, -0.15) is 5.10 Å². The molecule has 0 N–H and O–H groups in total. The van der Waals surface area contributed by atoms with Crippen molar-refractivity contribution < 1.29 is 9.18 Å². The lowest BCUT2D eigenvalue weighted by Gasteiger charge is -2.16. The van der Waals surface area contributed by atoms with E-state index in [4.69, 9.17) is 0 Å². The number of amides is 1. The Labute approximate surface area is 133 Å². The van der Waals surface area contributed by atoms with Crippen LogP contribution in [0.5, 0.6) is 0 Å². The molecule has 3 aromatic rings. The highest BCUT2D eigenvalue weighted by atomic mass is 19.1. The Bertz CT molecular complexity index is 822. The molecule has 0 bridgehead atoms. The highest BCUT2D eigenvalue weighted by molar-refractivity contribution is 6.04. The molecule has 116 valence electrons. The van der Waals surface area contributed by atoms with Gasteiger partial charge in [0.05, 0.1) is 5.69 Å². The summed E-state index contributed by atoms with van der Waals surface area (Å²) in [5.74, 6) is -0.508. The van der Waals surface area contributed by atoms with Crippen molar-refractivity contribution in [2.75, 3.05) is 11.9 Å². The number of hydrogen-bond donors (Lipinski definition) is 0. The van der Waals surface area contributed by atoms with Crippen molar-refractivity contribution in [3.63, 3.8) is 0 Å². The van der Waals surface area contributed by atoms with Crippen molar-refractivity contribution in [2.24, 2.45) is 0 Å². The summed E-state index contributed by atoms with van der Waals surface area (Å²) in [6, 6.07) is 15.3. The molecular weight excluding hydrogens is 293 g/mol. The van der Waals surface area contributed by atoms with Crippen LogP contribution in [0.25, 0.3) is 5.69 Å². The van der Waals surface area contributed by atoms with E-state index in [1.807, 2.05) is 31.2 Å². The molecule has 0 unspecified atom stereocenters. The average Bonchev–Trinajstić information content (AvgIpc) is 3.05. The normalized spacial score (nSPS) is 10.6. The third-order valence-corrected chi connectivity index (χ3v) is 3.63. The molecule has 0 saturated carbocycles. The molecule has 3 rings (SSSR count). The van der Waals surface area contributed by atoms with E-state index in [9.17, 15) is 9.18 Å². The molecule has 5 heteroatoms. The number of anilines is 1. The van der Waals surface area contributed by atoms with Gasteiger partial charge in [-0.3, -0.25) is 4.79 Å². The van der Waals surface area contributed by atoms with Gasteiger partial charge in [-0.05, 0) is 49.4 Å². The summed E-state index contributed by atoms with van der Waals surface area (Å²) in [7, 11) is 1.71. The number of benzene rings is 2. The van der Waals surface area contributed by atoms with Gasteiger partial charge in [0.1, 0.15) is 5.82 Å². The lowest BCUT2D eigenvalue weighted by atomic mass is 10.2. The van der Waals surface area contributed by atoms with Gasteiger partial charge >= 0.3 is 0 Å². The van der Waals surface area contributed by atoms with Crippen LogP contribution < -0.4 is 4.90 Å². The van der Waals surface area contributed by atoms with E-state index < -0.39 is 0 Å². The monoisotopic (exact) mass is 309 g/mol. The zero-order valence-corrected chi connectivity index (χ0v) is 12.9. The van der Waals surface area contributed by atoms with Gasteiger partial charge in [-0.15, -0.1) is 0 Å². The third-order valence-electron chi connectivity index (χ3n) is 3.63. The number of halogens is 1. The first-order chi connectivity index (χ1) is 11.0. The predicted octanol–water partition coefficient (Wildman–Crippen LogP) is 3.60. The smallest absolute Gasteiger partial charge is 0.278 e. The van der Waals surface area contributed by atoms with Gasteiger partial charge in [0.15, 0.2) is 5.69 Å². The molecule has 0 aliphatic heterocycles. The Morgan fingerprint density at radius 3 is 2.35 bits per heavy atom. The summed E-state index contributed by atoms with van der Waals surface area (Å²) >= 11 is 0. The van der Waals surface area contributed by atoms with E-state index in [-0.39, 0.29) is 11.7 Å². The molecule has 1 aromatic heterocycles. The molecule has 0 aliphatic carbocycles. The zero-order chi connectivity index (χ0) is 16.4. The number of rotatable bonds is 3. The van der Waals surface area contributed by atoms with Crippen LogP contribution in [0.1, 0.15) is 16.1 Å². The molecule has 0 fully saturated rings. The summed E-state index contributed by atoms with van der Waals surface area (Å²) in [6.45, 7) is 2.00. The highest BCUT2D eigenvalue weighted by Gasteiger charge is 2.16. The SMILES string of the molecule is Cc1ccc(N(C)C(=O)c2ccn(-c3ccc(F)cc3)n2)cc1. The quantitative estimate of drug-likeness (QED) is 0.741. The van der Waals surface area contributed by atoms with E-state index in [2.05, 4.69) is 5.10 Å². The second-order valence-corrected chi connectivity index (χ2v) is 5.32. The first-order valence-electron chi connectivity index (χ1n) is 7.21. The minimum Gasteiger partial charge on any atom is -0.310 e. The average molecular weight is 309 g/mol. The summed E-state index contributed by atoms with van der Waals surface area (Å²) < 4.78 is 14.5. The second-order valence-electron chi connectivity index (χ2n) is 5.32. The zero-order valence-electron chi connectivity index (χ0n) is 12.9. The standard InChI is InChI=1S/C18H16FN3O/c1-13-3-7-15(8-4-13)21(2)18(23)17-11-12-22(20-17)16-9-5-14(19)6-10-16/h3-12H,1-2H3. The van der Waals surface area contributed by atoms with Crippen LogP contribution in [0.15, 0.2) is 60.8 Å². The lowest BCUT2D eigenvalue weighted by molar-refractivity contribution is 0.0988. The van der Waals surface area contributed by atoms with Crippen LogP contribution in [-0.4, -0.2) is 22.7 Å². The maximum absolute atomic E-state index is 13.0. The lowest BCUT2D eigenvalue weighted by Crippen LogP contribution is -2.26. The molecule has 0 radical (unpaired) electrons. The van der Waals surface area contributed by atoms with Crippen LogP contribution in [0.4, 0.5) is 10.1 Å². The van der Waals surface area contributed by atoms with Gasteiger partial charge in [0.25, 0.3) is 5.91 Å². The van der Waals surface area contributed by atoms with Gasteiger partial charge in [0.2, 0.25) is 0 Å². The minimum absolute atomic E-state index is 0.199. The molecule has 1 amide bonds. The van der Waals surface area contributed by atoms with E-state index in [0.29, 0.717) is 11.4 Å². The van der Waals surface area contributed by atoms with Gasteiger partial charge in [0, 0.05) is 18.9 Å². The third kappa shape index (κ3) is 3.13. The Kier molecular flexibility index (Phi) is 3.93. The van der Waals surface area contributed by atoms with Crippen molar-refractivity contribution in [1.82, 2.24) is 9.78 Å². The summed E-state index contributed by atoms with van der Waals surface area (Å²) in [5.41, 5.74) is 2.97. The predicted molar refractivity (Wildman–Crippen MR) is 87.4 cm³/mol. The Balaban J connectivity index is 1.83. The molecule has 0 saturated heterocycles. The minimum atomic E-state index is -0.309. The van der Waals surface area contributed by atoms with E-state index >= 15 is 0 Å². The van der Waals surface area contributed by atoms with Crippen molar-refractivity contribution >= 4 is 11.6 Å². The van der Waals surface area contributed by atoms with Crippen molar-refractivity contribution in [3.8, 4) is 5.69 Å². The molecule has 4 nitrogen and oxygen atoms in total. The first-order valence-corrected chi connectivity index (χ1v) is 7.21. The molecule has 0 atom stereocenters. The van der Waals surface area contributed by atoms with Crippen molar-refractivity contribution in [2.45, 2.75) is 6.92 Å². The molecule has 0 aliphatic rings. The summed E-state index contributed by atoms with van der Waals surface area (Å²) in [5, 5.41) is 4.28. The molecule has 2 aromatic carbocycles. The van der Waals surface area contributed by atoms with Crippen molar-refractivity contribution in [1.29, 1.82) is 0 Å². The molecular formula is C18H16FN3O. The number of aromatic nitrogens is 2. The van der Waals surface area contributed by atoms with Crippen LogP contribution in [0, 0.1) is 12.7 Å². The maximum atomic E-state index is 13.0. The Hall–Kier alpha value is -2.95. The number of aryl methyl sites for hydroxylation is 1. The van der Waals surface area contributed by atoms with Gasteiger partial charge in [-0.25, -0.2) is 9.07 Å².